The third kappa shape index (κ3) is 5.20. The fourth-order valence-electron chi connectivity index (χ4n) is 5.91. The van der Waals surface area contributed by atoms with Crippen molar-refractivity contribution in [2.75, 3.05) is 0 Å². The number of rotatable bonds is 7. The second-order valence-electron chi connectivity index (χ2n) is 9.71. The molecule has 0 saturated heterocycles. The van der Waals surface area contributed by atoms with Crippen molar-refractivity contribution in [1.29, 1.82) is 0 Å². The summed E-state index contributed by atoms with van der Waals surface area (Å²) in [5.74, 6) is 0.570. The Balaban J connectivity index is 1.47. The van der Waals surface area contributed by atoms with E-state index < -0.39 is 15.8 Å². The quantitative estimate of drug-likeness (QED) is 0.201. The Morgan fingerprint density at radius 3 is 1.38 bits per heavy atom. The third-order valence-electron chi connectivity index (χ3n) is 7.49. The van der Waals surface area contributed by atoms with Crippen LogP contribution < -0.4 is 26.5 Å². The Morgan fingerprint density at radius 1 is 0.432 bits per heavy atom. The van der Waals surface area contributed by atoms with Crippen molar-refractivity contribution in [2.24, 2.45) is 0 Å². The van der Waals surface area contributed by atoms with Gasteiger partial charge < -0.3 is 0 Å². The molecule has 1 aliphatic rings. The van der Waals surface area contributed by atoms with Gasteiger partial charge in [-0.25, -0.2) is 0 Å². The first kappa shape index (κ1) is 24.3. The Morgan fingerprint density at radius 2 is 0.865 bits per heavy atom. The van der Waals surface area contributed by atoms with Crippen LogP contribution >= 0.6 is 15.8 Å². The second-order valence-corrected chi connectivity index (χ2v) is 14.3. The first-order valence-electron chi connectivity index (χ1n) is 13.3. The lowest BCUT2D eigenvalue weighted by atomic mass is 9.97. The van der Waals surface area contributed by atoms with E-state index in [1.807, 2.05) is 0 Å². The molecule has 5 aromatic rings. The zero-order chi connectivity index (χ0) is 24.9. The van der Waals surface area contributed by atoms with Crippen LogP contribution in [0.2, 0.25) is 0 Å². The Kier molecular flexibility index (Phi) is 7.60. The number of hydrogen-bond acceptors (Lipinski definition) is 0. The molecule has 0 nitrogen and oxygen atoms in total. The summed E-state index contributed by atoms with van der Waals surface area (Å²) in [5, 5.41) is 7.40. The minimum absolute atomic E-state index is 0.448. The van der Waals surface area contributed by atoms with Crippen molar-refractivity contribution in [3.8, 4) is 0 Å². The minimum Gasteiger partial charge on any atom is -0.0622 e. The van der Waals surface area contributed by atoms with E-state index in [4.69, 9.17) is 0 Å². The molecule has 0 radical (unpaired) electrons. The first-order chi connectivity index (χ1) is 18.4. The van der Waals surface area contributed by atoms with E-state index in [2.05, 4.69) is 146 Å². The molecule has 1 saturated carbocycles. The maximum absolute atomic E-state index is 2.45. The van der Waals surface area contributed by atoms with Gasteiger partial charge in [-0.3, -0.25) is 0 Å². The summed E-state index contributed by atoms with van der Waals surface area (Å²) in [6.07, 6.45) is 3.87. The van der Waals surface area contributed by atoms with Gasteiger partial charge in [-0.1, -0.05) is 152 Å². The molecule has 1 fully saturated rings. The lowest BCUT2D eigenvalue weighted by Crippen LogP contribution is -2.29. The van der Waals surface area contributed by atoms with Gasteiger partial charge in [-0.05, 0) is 72.3 Å². The highest BCUT2D eigenvalue weighted by atomic mass is 31.1. The van der Waals surface area contributed by atoms with Gasteiger partial charge in [0.05, 0.1) is 0 Å². The maximum atomic E-state index is 2.45. The van der Waals surface area contributed by atoms with Gasteiger partial charge in [0.1, 0.15) is 0 Å². The van der Waals surface area contributed by atoms with E-state index in [1.165, 1.54) is 45.8 Å². The second kappa shape index (κ2) is 11.6. The summed E-state index contributed by atoms with van der Waals surface area (Å²) in [6.45, 7) is 0. The fourth-order valence-corrected chi connectivity index (χ4v) is 11.6. The van der Waals surface area contributed by atoms with Gasteiger partial charge in [-0.2, -0.15) is 0 Å². The molecule has 0 amide bonds. The summed E-state index contributed by atoms with van der Waals surface area (Å²) in [4.78, 5) is 0. The maximum Gasteiger partial charge on any atom is -0.00597 e. The van der Waals surface area contributed by atoms with Crippen molar-refractivity contribution in [2.45, 2.75) is 30.8 Å². The van der Waals surface area contributed by atoms with Gasteiger partial charge in [0.2, 0.25) is 0 Å². The van der Waals surface area contributed by atoms with Crippen LogP contribution in [-0.4, -0.2) is 5.66 Å². The first-order valence-corrected chi connectivity index (χ1v) is 16.0. The summed E-state index contributed by atoms with van der Waals surface area (Å²) in [7, 11) is -1.07. The predicted octanol–water partition coefficient (Wildman–Crippen LogP) is 7.21. The average molecular weight is 515 g/mol. The van der Waals surface area contributed by atoms with Crippen LogP contribution in [-0.2, 0) is 0 Å². The van der Waals surface area contributed by atoms with E-state index in [9.17, 15) is 0 Å². The molecule has 1 aliphatic carbocycles. The van der Waals surface area contributed by atoms with E-state index in [-0.39, 0.29) is 0 Å². The molecule has 37 heavy (non-hydrogen) atoms. The van der Waals surface area contributed by atoms with Gasteiger partial charge in [0.25, 0.3) is 0 Å². The third-order valence-corrected chi connectivity index (χ3v) is 13.0. The van der Waals surface area contributed by atoms with Crippen LogP contribution in [0, 0.1) is 0 Å². The number of hydrogen-bond donors (Lipinski definition) is 0. The molecule has 0 unspecified atom stereocenters. The van der Waals surface area contributed by atoms with Crippen LogP contribution in [0.1, 0.15) is 30.7 Å². The summed E-state index contributed by atoms with van der Waals surface area (Å²) in [6, 6.07) is 54.3. The van der Waals surface area contributed by atoms with E-state index >= 15 is 0 Å². The molecule has 2 heteroatoms. The molecular weight excluding hydrogens is 482 g/mol. The zero-order valence-corrected chi connectivity index (χ0v) is 22.8. The molecule has 0 bridgehead atoms. The van der Waals surface area contributed by atoms with Crippen molar-refractivity contribution < 1.29 is 0 Å². The molecule has 2 atom stereocenters. The topological polar surface area (TPSA) is 0 Å². The van der Waals surface area contributed by atoms with Crippen molar-refractivity contribution >= 4 is 42.4 Å². The molecule has 0 aromatic heterocycles. The molecule has 182 valence electrons. The van der Waals surface area contributed by atoms with E-state index in [0.29, 0.717) is 11.6 Å². The molecule has 5 aromatic carbocycles. The SMILES string of the molecule is c1ccc(P(c2ccccc2)c2ccccc2[C@@H]2CCC[C@H]2P(c2ccccc2)c2ccccc2)cc1. The fraction of sp³-hybridized carbons (Fsp3) is 0.143. The summed E-state index contributed by atoms with van der Waals surface area (Å²) < 4.78 is 0. The molecule has 0 aliphatic heterocycles. The van der Waals surface area contributed by atoms with Crippen LogP contribution in [0.5, 0.6) is 0 Å². The van der Waals surface area contributed by atoms with Crippen molar-refractivity contribution in [3.63, 3.8) is 0 Å². The van der Waals surface area contributed by atoms with Crippen LogP contribution in [0.25, 0.3) is 0 Å². The smallest absolute Gasteiger partial charge is 0.00597 e. The van der Waals surface area contributed by atoms with Gasteiger partial charge in [0.15, 0.2) is 0 Å². The Labute approximate surface area is 223 Å². The normalized spacial score (nSPS) is 17.4. The van der Waals surface area contributed by atoms with Crippen LogP contribution in [0.4, 0.5) is 0 Å². The minimum atomic E-state index is -0.623. The lowest BCUT2D eigenvalue weighted by Gasteiger charge is -2.33. The Hall–Kier alpha value is -3.04. The average Bonchev–Trinajstić information content (AvgIpc) is 3.45. The largest absolute Gasteiger partial charge is 0.0622 e. The molecule has 0 spiro atoms. The molecular formula is C35H32P2. The van der Waals surface area contributed by atoms with Crippen molar-refractivity contribution in [1.82, 2.24) is 0 Å². The van der Waals surface area contributed by atoms with Gasteiger partial charge >= 0.3 is 0 Å². The molecule has 6 rings (SSSR count). The molecule has 0 heterocycles. The monoisotopic (exact) mass is 514 g/mol. The van der Waals surface area contributed by atoms with Crippen molar-refractivity contribution in [3.05, 3.63) is 151 Å². The summed E-state index contributed by atoms with van der Waals surface area (Å²) in [5.41, 5.74) is 2.22. The van der Waals surface area contributed by atoms with Crippen LogP contribution in [0.3, 0.4) is 0 Å². The predicted molar refractivity (Wildman–Crippen MR) is 165 cm³/mol. The standard InChI is InChI=1S/C35H32P2/c1-5-16-28(17-6-1)36(29-18-7-2-8-19-29)34-26-14-13-24-32(34)33-25-15-27-35(33)37(30-20-9-3-10-21-30)31-22-11-4-12-23-31/h1-14,16-24,26,33,35H,15,25,27H2/t33-,35+/m0/s1. The zero-order valence-electron chi connectivity index (χ0n) is 21.0. The number of benzene rings is 5. The molecule has 0 N–H and O–H groups in total. The van der Waals surface area contributed by atoms with Gasteiger partial charge in [0, 0.05) is 0 Å². The van der Waals surface area contributed by atoms with E-state index in [0.717, 1.165) is 0 Å². The van der Waals surface area contributed by atoms with E-state index in [1.54, 1.807) is 5.56 Å². The highest BCUT2D eigenvalue weighted by molar-refractivity contribution is 7.80. The highest BCUT2D eigenvalue weighted by Crippen LogP contribution is 2.54. The van der Waals surface area contributed by atoms with Crippen LogP contribution in [0.15, 0.2) is 146 Å². The highest BCUT2D eigenvalue weighted by Gasteiger charge is 2.38. The lowest BCUT2D eigenvalue weighted by molar-refractivity contribution is 0.737. The van der Waals surface area contributed by atoms with Gasteiger partial charge in [-0.15, -0.1) is 0 Å². The Bertz CT molecular complexity index is 1320. The summed E-state index contributed by atoms with van der Waals surface area (Å²) >= 11 is 0.